The first-order valence-corrected chi connectivity index (χ1v) is 7.50. The monoisotopic (exact) mass is 345 g/mol. The van der Waals surface area contributed by atoms with Gasteiger partial charge in [-0.25, -0.2) is 0 Å². The first-order valence-electron chi connectivity index (χ1n) is 6.71. The van der Waals surface area contributed by atoms with Gasteiger partial charge in [-0.05, 0) is 46.1 Å². The Bertz CT molecular complexity index is 639. The van der Waals surface area contributed by atoms with Gasteiger partial charge in [-0.1, -0.05) is 19.1 Å². The second kappa shape index (κ2) is 7.65. The highest BCUT2D eigenvalue weighted by atomic mass is 79.9. The molecule has 4 nitrogen and oxygen atoms in total. The van der Waals surface area contributed by atoms with Crippen molar-refractivity contribution in [3.8, 4) is 11.8 Å². The number of nitrogens with one attached hydrogen (secondary N) is 1. The van der Waals surface area contributed by atoms with E-state index in [4.69, 9.17) is 10.00 Å². The van der Waals surface area contributed by atoms with Crippen LogP contribution in [0.4, 0.5) is 5.69 Å². The summed E-state index contributed by atoms with van der Waals surface area (Å²) in [5.41, 5.74) is 2.03. The van der Waals surface area contributed by atoms with Crippen molar-refractivity contribution < 1.29 is 4.74 Å². The molecule has 0 spiro atoms. The molecule has 2 aromatic rings. The number of hydrogen-bond donors (Lipinski definition) is 1. The minimum atomic E-state index is -0.400. The second-order valence-corrected chi connectivity index (χ2v) is 5.45. The minimum absolute atomic E-state index is 0.400. The Morgan fingerprint density at radius 3 is 2.95 bits per heavy atom. The van der Waals surface area contributed by atoms with Crippen LogP contribution < -0.4 is 10.1 Å². The SMILES string of the molecule is CCC(C#N)Oc1cccc(CNc2cncc(Br)c2)c1. The highest BCUT2D eigenvalue weighted by molar-refractivity contribution is 9.10. The zero-order chi connectivity index (χ0) is 15.1. The van der Waals surface area contributed by atoms with E-state index in [2.05, 4.69) is 32.3 Å². The van der Waals surface area contributed by atoms with Crippen molar-refractivity contribution in [1.29, 1.82) is 5.26 Å². The van der Waals surface area contributed by atoms with Gasteiger partial charge in [0.1, 0.15) is 11.8 Å². The molecule has 0 bridgehead atoms. The van der Waals surface area contributed by atoms with E-state index in [9.17, 15) is 0 Å². The molecule has 1 atom stereocenters. The molecule has 1 N–H and O–H groups in total. The molecule has 2 rings (SSSR count). The van der Waals surface area contributed by atoms with Crippen molar-refractivity contribution in [3.05, 3.63) is 52.8 Å². The molecule has 1 unspecified atom stereocenters. The van der Waals surface area contributed by atoms with Crippen molar-refractivity contribution in [2.24, 2.45) is 0 Å². The topological polar surface area (TPSA) is 57.9 Å². The first kappa shape index (κ1) is 15.3. The average Bonchev–Trinajstić information content (AvgIpc) is 2.51. The van der Waals surface area contributed by atoms with Crippen LogP contribution in [0.25, 0.3) is 0 Å². The molecule has 0 aliphatic heterocycles. The Labute approximate surface area is 132 Å². The molecule has 0 aliphatic carbocycles. The third kappa shape index (κ3) is 4.76. The van der Waals surface area contributed by atoms with E-state index < -0.39 is 6.10 Å². The molecule has 0 saturated heterocycles. The molecule has 0 aliphatic rings. The maximum Gasteiger partial charge on any atom is 0.184 e. The largest absolute Gasteiger partial charge is 0.476 e. The Kier molecular flexibility index (Phi) is 5.59. The normalized spacial score (nSPS) is 11.5. The van der Waals surface area contributed by atoms with E-state index in [1.165, 1.54) is 0 Å². The maximum atomic E-state index is 8.94. The Morgan fingerprint density at radius 2 is 2.24 bits per heavy atom. The van der Waals surface area contributed by atoms with E-state index in [1.807, 2.05) is 37.3 Å². The van der Waals surface area contributed by atoms with Gasteiger partial charge in [0.2, 0.25) is 0 Å². The highest BCUT2D eigenvalue weighted by Gasteiger charge is 2.06. The van der Waals surface area contributed by atoms with Gasteiger partial charge >= 0.3 is 0 Å². The van der Waals surface area contributed by atoms with Crippen molar-refractivity contribution >= 4 is 21.6 Å². The Balaban J connectivity index is 1.99. The van der Waals surface area contributed by atoms with E-state index in [-0.39, 0.29) is 0 Å². The summed E-state index contributed by atoms with van der Waals surface area (Å²) in [6.45, 7) is 2.60. The maximum absolute atomic E-state index is 8.94. The number of nitriles is 1. The summed E-state index contributed by atoms with van der Waals surface area (Å²) in [5, 5.41) is 12.2. The number of aromatic nitrogens is 1. The molecule has 0 saturated carbocycles. The lowest BCUT2D eigenvalue weighted by atomic mass is 10.2. The van der Waals surface area contributed by atoms with Gasteiger partial charge in [0.05, 0.1) is 11.9 Å². The summed E-state index contributed by atoms with van der Waals surface area (Å²) < 4.78 is 6.55. The lowest BCUT2D eigenvalue weighted by Gasteiger charge is -2.12. The van der Waals surface area contributed by atoms with Crippen LogP contribution in [0.2, 0.25) is 0 Å². The van der Waals surface area contributed by atoms with Crippen LogP contribution in [0.15, 0.2) is 47.2 Å². The first-order chi connectivity index (χ1) is 10.2. The van der Waals surface area contributed by atoms with Gasteiger partial charge in [0.15, 0.2) is 6.10 Å². The van der Waals surface area contributed by atoms with Gasteiger partial charge in [-0.2, -0.15) is 5.26 Å². The molecular formula is C16H16BrN3O. The fourth-order valence-corrected chi connectivity index (χ4v) is 2.17. The number of nitrogens with zero attached hydrogens (tertiary/aromatic N) is 2. The zero-order valence-corrected chi connectivity index (χ0v) is 13.3. The Hall–Kier alpha value is -2.06. The van der Waals surface area contributed by atoms with Crippen LogP contribution in [0, 0.1) is 11.3 Å². The lowest BCUT2D eigenvalue weighted by Crippen LogP contribution is -2.12. The zero-order valence-electron chi connectivity index (χ0n) is 11.7. The molecule has 108 valence electrons. The predicted molar refractivity (Wildman–Crippen MR) is 86.0 cm³/mol. The quantitative estimate of drug-likeness (QED) is 0.854. The summed E-state index contributed by atoms with van der Waals surface area (Å²) in [4.78, 5) is 4.11. The van der Waals surface area contributed by atoms with Crippen LogP contribution in [0.3, 0.4) is 0 Å². The molecule has 5 heteroatoms. The average molecular weight is 346 g/mol. The van der Waals surface area contributed by atoms with Gasteiger partial charge in [-0.3, -0.25) is 4.98 Å². The van der Waals surface area contributed by atoms with Gasteiger partial charge in [-0.15, -0.1) is 0 Å². The molecule has 0 radical (unpaired) electrons. The summed E-state index contributed by atoms with van der Waals surface area (Å²) in [7, 11) is 0. The molecule has 0 amide bonds. The molecule has 0 fully saturated rings. The summed E-state index contributed by atoms with van der Waals surface area (Å²) in [6, 6.07) is 11.8. The number of anilines is 1. The smallest absolute Gasteiger partial charge is 0.184 e. The number of ether oxygens (including phenoxy) is 1. The van der Waals surface area contributed by atoms with E-state index in [1.54, 1.807) is 12.4 Å². The third-order valence-corrected chi connectivity index (χ3v) is 3.33. The highest BCUT2D eigenvalue weighted by Crippen LogP contribution is 2.18. The number of benzene rings is 1. The van der Waals surface area contributed by atoms with Gasteiger partial charge < -0.3 is 10.1 Å². The molecule has 1 aromatic heterocycles. The van der Waals surface area contributed by atoms with Crippen LogP contribution in [-0.2, 0) is 6.54 Å². The van der Waals surface area contributed by atoms with Crippen molar-refractivity contribution in [3.63, 3.8) is 0 Å². The standard InChI is InChI=1S/C16H16BrN3O/c1-2-15(8-18)21-16-5-3-4-12(6-16)9-20-14-7-13(17)10-19-11-14/h3-7,10-11,15,20H,2,9H2,1H3. The van der Waals surface area contributed by atoms with E-state index >= 15 is 0 Å². The van der Waals surface area contributed by atoms with Crippen molar-refractivity contribution in [2.45, 2.75) is 26.0 Å². The van der Waals surface area contributed by atoms with Gasteiger partial charge in [0, 0.05) is 17.2 Å². The number of halogens is 1. The van der Waals surface area contributed by atoms with Crippen molar-refractivity contribution in [2.75, 3.05) is 5.32 Å². The lowest BCUT2D eigenvalue weighted by molar-refractivity contribution is 0.251. The molecular weight excluding hydrogens is 330 g/mol. The summed E-state index contributed by atoms with van der Waals surface area (Å²) in [5.74, 6) is 0.718. The molecule has 1 aromatic carbocycles. The summed E-state index contributed by atoms with van der Waals surface area (Å²) >= 11 is 3.39. The Morgan fingerprint density at radius 1 is 1.38 bits per heavy atom. The number of hydrogen-bond acceptors (Lipinski definition) is 4. The minimum Gasteiger partial charge on any atom is -0.476 e. The number of rotatable bonds is 6. The van der Waals surface area contributed by atoms with Crippen LogP contribution >= 0.6 is 15.9 Å². The fraction of sp³-hybridized carbons (Fsp3) is 0.250. The summed E-state index contributed by atoms with van der Waals surface area (Å²) in [6.07, 6.45) is 3.78. The van der Waals surface area contributed by atoms with Crippen molar-refractivity contribution in [1.82, 2.24) is 4.98 Å². The predicted octanol–water partition coefficient (Wildman–Crippen LogP) is 4.14. The third-order valence-electron chi connectivity index (χ3n) is 2.89. The molecule has 1 heterocycles. The number of pyridine rings is 1. The van der Waals surface area contributed by atoms with Crippen LogP contribution in [-0.4, -0.2) is 11.1 Å². The van der Waals surface area contributed by atoms with Crippen LogP contribution in [0.5, 0.6) is 5.75 Å². The van der Waals surface area contributed by atoms with E-state index in [0.29, 0.717) is 13.0 Å². The van der Waals surface area contributed by atoms with E-state index in [0.717, 1.165) is 21.5 Å². The fourth-order valence-electron chi connectivity index (χ4n) is 1.81. The van der Waals surface area contributed by atoms with Crippen LogP contribution in [0.1, 0.15) is 18.9 Å². The molecule has 21 heavy (non-hydrogen) atoms. The second-order valence-electron chi connectivity index (χ2n) is 4.54. The van der Waals surface area contributed by atoms with Gasteiger partial charge in [0.25, 0.3) is 0 Å².